The number of nitrogens with zero attached hydrogens (tertiary/aromatic N) is 2. The van der Waals surface area contributed by atoms with Crippen LogP contribution in [0, 0.1) is 22.7 Å². The lowest BCUT2D eigenvalue weighted by atomic mass is 9.99. The average molecular weight is 621 g/mol. The molecular weight excluding hydrogens is 572 g/mol. The van der Waals surface area contributed by atoms with E-state index in [1.54, 1.807) is 14.2 Å². The molecule has 0 amide bonds. The average Bonchev–Trinajstić information content (AvgIpc) is 3.10. The van der Waals surface area contributed by atoms with Crippen LogP contribution in [0.25, 0.3) is 23.3 Å². The van der Waals surface area contributed by atoms with E-state index >= 15 is 0 Å². The maximum atomic E-state index is 10.2. The van der Waals surface area contributed by atoms with Crippen molar-refractivity contribution in [1.82, 2.24) is 0 Å². The van der Waals surface area contributed by atoms with E-state index in [9.17, 15) is 10.5 Å². The zero-order valence-electron chi connectivity index (χ0n) is 27.9. The van der Waals surface area contributed by atoms with Gasteiger partial charge in [0, 0.05) is 11.1 Å². The molecule has 0 fully saturated rings. The predicted octanol–water partition coefficient (Wildman–Crippen LogP) is 10.5. The predicted molar refractivity (Wildman–Crippen MR) is 188 cm³/mol. The SMILES string of the molecule is CCCCCCCOc1cc(/C=C(\C#N)c2ccc(OC)cc2)c(OCCCCCCC)cc1/C=C(\C#N)c1ccc(OC)cc1. The molecule has 6 nitrogen and oxygen atoms in total. The van der Waals surface area contributed by atoms with Crippen molar-refractivity contribution in [3.05, 3.63) is 82.9 Å². The van der Waals surface area contributed by atoms with E-state index in [1.165, 1.54) is 38.5 Å². The van der Waals surface area contributed by atoms with Crippen LogP contribution in [0.2, 0.25) is 0 Å². The summed E-state index contributed by atoms with van der Waals surface area (Å²) in [5.41, 5.74) is 4.06. The molecule has 0 aliphatic rings. The van der Waals surface area contributed by atoms with Crippen LogP contribution in [-0.4, -0.2) is 27.4 Å². The van der Waals surface area contributed by atoms with E-state index in [2.05, 4.69) is 26.0 Å². The van der Waals surface area contributed by atoms with Crippen LogP contribution in [0.1, 0.15) is 100 Å². The largest absolute Gasteiger partial charge is 0.497 e. The van der Waals surface area contributed by atoms with Gasteiger partial charge in [0.2, 0.25) is 0 Å². The molecule has 0 unspecified atom stereocenters. The maximum absolute atomic E-state index is 10.2. The van der Waals surface area contributed by atoms with E-state index in [1.807, 2.05) is 72.8 Å². The standard InChI is InChI=1S/C40H48N2O4/c1-5-7-9-11-13-23-45-39-27-34(26-36(30-42)32-17-21-38(44-4)22-18-32)40(46-24-14-12-10-8-6-2)28-33(39)25-35(29-41)31-15-19-37(43-3)20-16-31/h15-22,25-28H,5-14,23-24H2,1-4H3/b35-25+,36-26+. The molecule has 0 N–H and O–H groups in total. The Kier molecular flexibility index (Phi) is 15.9. The number of rotatable bonds is 20. The van der Waals surface area contributed by atoms with Gasteiger partial charge < -0.3 is 18.9 Å². The van der Waals surface area contributed by atoms with Gasteiger partial charge in [-0.15, -0.1) is 0 Å². The van der Waals surface area contributed by atoms with Gasteiger partial charge in [0.1, 0.15) is 23.0 Å². The number of hydrogen-bond acceptors (Lipinski definition) is 6. The summed E-state index contributed by atoms with van der Waals surface area (Å²) < 4.78 is 23.4. The van der Waals surface area contributed by atoms with Crippen molar-refractivity contribution >= 4 is 23.3 Å². The van der Waals surface area contributed by atoms with Crippen molar-refractivity contribution < 1.29 is 18.9 Å². The Bertz CT molecular complexity index is 1380. The molecule has 0 atom stereocenters. The van der Waals surface area contributed by atoms with Gasteiger partial charge in [-0.3, -0.25) is 0 Å². The fraction of sp³-hybridized carbons (Fsp3) is 0.400. The first-order valence-electron chi connectivity index (χ1n) is 16.5. The zero-order valence-corrected chi connectivity index (χ0v) is 27.9. The molecule has 0 heterocycles. The highest BCUT2D eigenvalue weighted by atomic mass is 16.5. The number of benzene rings is 3. The molecule has 46 heavy (non-hydrogen) atoms. The minimum Gasteiger partial charge on any atom is -0.497 e. The van der Waals surface area contributed by atoms with Gasteiger partial charge in [-0.05, 0) is 96.8 Å². The van der Waals surface area contributed by atoms with Gasteiger partial charge in [0.15, 0.2) is 0 Å². The Balaban J connectivity index is 2.08. The Morgan fingerprint density at radius 3 is 1.26 bits per heavy atom. The van der Waals surface area contributed by atoms with Crippen molar-refractivity contribution in [1.29, 1.82) is 10.5 Å². The number of ether oxygens (including phenoxy) is 4. The number of allylic oxidation sites excluding steroid dienone is 2. The lowest BCUT2D eigenvalue weighted by Crippen LogP contribution is -2.03. The van der Waals surface area contributed by atoms with Gasteiger partial charge >= 0.3 is 0 Å². The van der Waals surface area contributed by atoms with Crippen molar-refractivity contribution in [2.75, 3.05) is 27.4 Å². The summed E-state index contributed by atoms with van der Waals surface area (Å²) in [6.45, 7) is 5.52. The van der Waals surface area contributed by atoms with Crippen molar-refractivity contribution in [2.24, 2.45) is 0 Å². The minimum atomic E-state index is 0.500. The van der Waals surface area contributed by atoms with Gasteiger partial charge in [-0.2, -0.15) is 10.5 Å². The van der Waals surface area contributed by atoms with E-state index in [-0.39, 0.29) is 0 Å². The summed E-state index contributed by atoms with van der Waals surface area (Å²) in [7, 11) is 3.24. The molecule has 0 saturated heterocycles. The fourth-order valence-electron chi connectivity index (χ4n) is 5.05. The minimum absolute atomic E-state index is 0.500. The topological polar surface area (TPSA) is 84.5 Å². The van der Waals surface area contributed by atoms with Gasteiger partial charge in [-0.25, -0.2) is 0 Å². The van der Waals surface area contributed by atoms with E-state index in [0.717, 1.165) is 59.4 Å². The van der Waals surface area contributed by atoms with Crippen LogP contribution < -0.4 is 18.9 Å². The smallest absolute Gasteiger partial charge is 0.127 e. The highest BCUT2D eigenvalue weighted by Gasteiger charge is 2.14. The summed E-state index contributed by atoms with van der Waals surface area (Å²) in [4.78, 5) is 0. The zero-order chi connectivity index (χ0) is 33.0. The van der Waals surface area contributed by atoms with Crippen LogP contribution in [0.15, 0.2) is 60.7 Å². The molecule has 3 aromatic rings. The Morgan fingerprint density at radius 2 is 0.935 bits per heavy atom. The fourth-order valence-corrected chi connectivity index (χ4v) is 5.05. The molecule has 0 saturated carbocycles. The van der Waals surface area contributed by atoms with Gasteiger partial charge in [0.25, 0.3) is 0 Å². The lowest BCUT2D eigenvalue weighted by molar-refractivity contribution is 0.295. The number of unbranched alkanes of at least 4 members (excludes halogenated alkanes) is 8. The van der Waals surface area contributed by atoms with E-state index < -0.39 is 0 Å². The first-order valence-corrected chi connectivity index (χ1v) is 16.5. The Morgan fingerprint density at radius 1 is 0.565 bits per heavy atom. The van der Waals surface area contributed by atoms with Gasteiger partial charge in [0.05, 0.1) is 50.7 Å². The summed E-state index contributed by atoms with van der Waals surface area (Å²) >= 11 is 0. The van der Waals surface area contributed by atoms with Crippen LogP contribution in [-0.2, 0) is 0 Å². The summed E-state index contributed by atoms with van der Waals surface area (Å²) in [6, 6.07) is 23.5. The maximum Gasteiger partial charge on any atom is 0.127 e. The summed E-state index contributed by atoms with van der Waals surface area (Å²) in [5, 5.41) is 20.3. The Labute approximate surface area is 275 Å². The molecule has 6 heteroatoms. The van der Waals surface area contributed by atoms with Crippen molar-refractivity contribution in [3.8, 4) is 35.1 Å². The van der Waals surface area contributed by atoms with Crippen LogP contribution in [0.5, 0.6) is 23.0 Å². The second-order valence-corrected chi connectivity index (χ2v) is 11.2. The van der Waals surface area contributed by atoms with E-state index in [0.29, 0.717) is 35.9 Å². The monoisotopic (exact) mass is 620 g/mol. The highest BCUT2D eigenvalue weighted by molar-refractivity contribution is 5.93. The number of nitriles is 2. The third kappa shape index (κ3) is 11.4. The van der Waals surface area contributed by atoms with Crippen molar-refractivity contribution in [3.63, 3.8) is 0 Å². The summed E-state index contributed by atoms with van der Waals surface area (Å²) in [6.07, 6.45) is 14.9. The third-order valence-corrected chi connectivity index (χ3v) is 7.80. The van der Waals surface area contributed by atoms with Crippen LogP contribution >= 0.6 is 0 Å². The first kappa shape index (κ1) is 35.8. The number of hydrogen-bond donors (Lipinski definition) is 0. The molecule has 0 aromatic heterocycles. The second kappa shape index (κ2) is 20.4. The molecule has 242 valence electrons. The van der Waals surface area contributed by atoms with E-state index in [4.69, 9.17) is 18.9 Å². The number of methoxy groups -OCH3 is 2. The molecule has 3 aromatic carbocycles. The summed E-state index contributed by atoms with van der Waals surface area (Å²) in [5.74, 6) is 2.74. The third-order valence-electron chi connectivity index (χ3n) is 7.80. The molecule has 0 aliphatic heterocycles. The Hall–Kier alpha value is -4.68. The molecular formula is C40H48N2O4. The van der Waals surface area contributed by atoms with Crippen LogP contribution in [0.3, 0.4) is 0 Å². The second-order valence-electron chi connectivity index (χ2n) is 11.2. The van der Waals surface area contributed by atoms with Crippen LogP contribution in [0.4, 0.5) is 0 Å². The quantitative estimate of drug-likeness (QED) is 0.0710. The molecule has 0 aliphatic carbocycles. The molecule has 0 spiro atoms. The van der Waals surface area contributed by atoms with Gasteiger partial charge in [-0.1, -0.05) is 65.2 Å². The van der Waals surface area contributed by atoms with Crippen molar-refractivity contribution in [2.45, 2.75) is 78.1 Å². The molecule has 0 bridgehead atoms. The normalized spacial score (nSPS) is 11.4. The first-order chi connectivity index (χ1) is 22.6. The lowest BCUT2D eigenvalue weighted by Gasteiger charge is -2.16. The molecule has 0 radical (unpaired) electrons. The highest BCUT2D eigenvalue weighted by Crippen LogP contribution is 2.35. The molecule has 3 rings (SSSR count).